The number of amides is 1. The molecule has 1 aliphatic carbocycles. The van der Waals surface area contributed by atoms with Gasteiger partial charge >= 0.3 is 6.18 Å². The van der Waals surface area contributed by atoms with Crippen molar-refractivity contribution in [2.45, 2.75) is 29.3 Å². The molecular formula is C11H12F3NO3S2. The van der Waals surface area contributed by atoms with Crippen LogP contribution in [0.1, 0.15) is 23.2 Å². The molecule has 0 atom stereocenters. The number of halogens is 3. The maximum atomic E-state index is 12.5. The minimum atomic E-state index is -4.46. The third-order valence-corrected chi connectivity index (χ3v) is 5.55. The Morgan fingerprint density at radius 1 is 1.45 bits per heavy atom. The summed E-state index contributed by atoms with van der Waals surface area (Å²) >= 11 is 0.836. The van der Waals surface area contributed by atoms with Crippen molar-refractivity contribution in [1.29, 1.82) is 0 Å². The topological polar surface area (TPSA) is 54.5 Å². The molecule has 9 heteroatoms. The average Bonchev–Trinajstić information content (AvgIpc) is 2.98. The zero-order chi connectivity index (χ0) is 15.1. The van der Waals surface area contributed by atoms with Gasteiger partial charge in [-0.2, -0.15) is 13.2 Å². The summed E-state index contributed by atoms with van der Waals surface area (Å²) in [6, 6.07) is 0.736. The molecule has 4 nitrogen and oxygen atoms in total. The van der Waals surface area contributed by atoms with Gasteiger partial charge in [0.1, 0.15) is 10.8 Å². The van der Waals surface area contributed by atoms with E-state index in [1.807, 2.05) is 0 Å². The summed E-state index contributed by atoms with van der Waals surface area (Å²) in [5.41, 5.74) is -0.00780. The molecule has 1 fully saturated rings. The summed E-state index contributed by atoms with van der Waals surface area (Å²) in [5, 5.41) is 1.28. The van der Waals surface area contributed by atoms with Gasteiger partial charge < -0.3 is 4.90 Å². The van der Waals surface area contributed by atoms with E-state index in [0.717, 1.165) is 28.6 Å². The number of sulfone groups is 1. The highest BCUT2D eigenvalue weighted by Gasteiger charge is 2.41. The highest BCUT2D eigenvalue weighted by Crippen LogP contribution is 2.32. The van der Waals surface area contributed by atoms with E-state index in [4.69, 9.17) is 0 Å². The van der Waals surface area contributed by atoms with Gasteiger partial charge in [0.15, 0.2) is 9.84 Å². The molecule has 1 aromatic heterocycles. The van der Waals surface area contributed by atoms with Crippen molar-refractivity contribution in [1.82, 2.24) is 4.90 Å². The van der Waals surface area contributed by atoms with Crippen molar-refractivity contribution >= 4 is 27.1 Å². The number of hydrogen-bond donors (Lipinski definition) is 0. The second-order valence-electron chi connectivity index (χ2n) is 4.71. The van der Waals surface area contributed by atoms with Crippen LogP contribution in [0.25, 0.3) is 0 Å². The first-order valence-electron chi connectivity index (χ1n) is 5.74. The van der Waals surface area contributed by atoms with Gasteiger partial charge in [-0.3, -0.25) is 4.79 Å². The predicted octanol–water partition coefficient (Wildman–Crippen LogP) is 2.32. The molecule has 1 heterocycles. The lowest BCUT2D eigenvalue weighted by Crippen LogP contribution is -2.40. The molecule has 0 unspecified atom stereocenters. The summed E-state index contributed by atoms with van der Waals surface area (Å²) in [6.45, 7) is -1.31. The van der Waals surface area contributed by atoms with E-state index >= 15 is 0 Å². The largest absolute Gasteiger partial charge is 0.406 e. The summed E-state index contributed by atoms with van der Waals surface area (Å²) in [6.07, 6.45) is -2.38. The molecule has 1 saturated carbocycles. The van der Waals surface area contributed by atoms with Crippen molar-refractivity contribution in [2.24, 2.45) is 0 Å². The van der Waals surface area contributed by atoms with Crippen molar-refractivity contribution in [3.8, 4) is 0 Å². The van der Waals surface area contributed by atoms with Gasteiger partial charge in [-0.25, -0.2) is 8.42 Å². The summed E-state index contributed by atoms with van der Waals surface area (Å²) < 4.78 is 60.0. The Balaban J connectivity index is 2.22. The summed E-state index contributed by atoms with van der Waals surface area (Å²) in [5.74, 6) is -0.768. The Bertz CT molecular complexity index is 617. The van der Waals surface area contributed by atoms with Crippen LogP contribution < -0.4 is 0 Å². The molecule has 112 valence electrons. The molecular weight excluding hydrogens is 315 g/mol. The van der Waals surface area contributed by atoms with Gasteiger partial charge in [0.2, 0.25) is 0 Å². The monoisotopic (exact) mass is 327 g/mol. The molecule has 0 N–H and O–H groups in total. The standard InChI is InChI=1S/C11H12F3NO3S2/c1-20(17,18)9-4-7(5-19-9)10(16)15(8-2-3-8)6-11(12,13)14/h4-5,8H,2-3,6H2,1H3. The van der Waals surface area contributed by atoms with Crippen LogP contribution in [0.3, 0.4) is 0 Å². The third-order valence-electron chi connectivity index (χ3n) is 2.79. The fourth-order valence-electron chi connectivity index (χ4n) is 1.74. The number of hydrogen-bond acceptors (Lipinski definition) is 4. The van der Waals surface area contributed by atoms with Crippen LogP contribution in [0, 0.1) is 0 Å². The Morgan fingerprint density at radius 2 is 2.05 bits per heavy atom. The number of rotatable bonds is 4. The van der Waals surface area contributed by atoms with E-state index in [2.05, 4.69) is 0 Å². The van der Waals surface area contributed by atoms with E-state index in [1.54, 1.807) is 0 Å². The lowest BCUT2D eigenvalue weighted by atomic mass is 10.3. The second kappa shape index (κ2) is 5.03. The Hall–Kier alpha value is -1.09. The lowest BCUT2D eigenvalue weighted by molar-refractivity contribution is -0.141. The number of nitrogens with zero attached hydrogens (tertiary/aromatic N) is 1. The molecule has 0 aliphatic heterocycles. The van der Waals surface area contributed by atoms with Gasteiger partial charge in [0.05, 0.1) is 5.56 Å². The molecule has 1 aromatic rings. The lowest BCUT2D eigenvalue weighted by Gasteiger charge is -2.23. The fraction of sp³-hybridized carbons (Fsp3) is 0.545. The first-order valence-corrected chi connectivity index (χ1v) is 8.51. The minimum Gasteiger partial charge on any atom is -0.327 e. The van der Waals surface area contributed by atoms with Gasteiger partial charge in [-0.1, -0.05) is 0 Å². The van der Waals surface area contributed by atoms with Crippen molar-refractivity contribution in [3.05, 3.63) is 17.0 Å². The summed E-state index contributed by atoms with van der Waals surface area (Å²) in [4.78, 5) is 12.9. The van der Waals surface area contributed by atoms with Crippen molar-refractivity contribution in [2.75, 3.05) is 12.8 Å². The van der Waals surface area contributed by atoms with Crippen LogP contribution in [-0.2, 0) is 9.84 Å². The van der Waals surface area contributed by atoms with Crippen LogP contribution in [0.5, 0.6) is 0 Å². The maximum absolute atomic E-state index is 12.5. The van der Waals surface area contributed by atoms with Crippen molar-refractivity contribution < 1.29 is 26.4 Å². The van der Waals surface area contributed by atoms with E-state index in [-0.39, 0.29) is 9.77 Å². The average molecular weight is 327 g/mol. The maximum Gasteiger partial charge on any atom is 0.406 e. The number of carbonyl (C=O) groups excluding carboxylic acids is 1. The molecule has 0 spiro atoms. The van der Waals surface area contributed by atoms with Crippen LogP contribution in [0.15, 0.2) is 15.7 Å². The SMILES string of the molecule is CS(=O)(=O)c1cc(C(=O)N(CC(F)(F)F)C2CC2)cs1. The van der Waals surface area contributed by atoms with Gasteiger partial charge in [0.25, 0.3) is 5.91 Å². The first-order chi connectivity index (χ1) is 9.08. The van der Waals surface area contributed by atoms with Crippen molar-refractivity contribution in [3.63, 3.8) is 0 Å². The quantitative estimate of drug-likeness (QED) is 0.853. The molecule has 20 heavy (non-hydrogen) atoms. The zero-order valence-electron chi connectivity index (χ0n) is 10.5. The first kappa shape index (κ1) is 15.3. The highest BCUT2D eigenvalue weighted by molar-refractivity contribution is 7.92. The van der Waals surface area contributed by atoms with E-state index < -0.39 is 34.5 Å². The summed E-state index contributed by atoms with van der Waals surface area (Å²) in [7, 11) is -3.46. The Kier molecular flexibility index (Phi) is 3.85. The number of thiophene rings is 1. The predicted molar refractivity (Wildman–Crippen MR) is 67.5 cm³/mol. The number of carbonyl (C=O) groups is 1. The molecule has 0 saturated heterocycles. The minimum absolute atomic E-state index is 0.00780. The molecule has 0 aromatic carbocycles. The van der Waals surface area contributed by atoms with Crippen LogP contribution in [-0.4, -0.2) is 44.2 Å². The third kappa shape index (κ3) is 3.72. The van der Waals surface area contributed by atoms with Crippen LogP contribution in [0.4, 0.5) is 13.2 Å². The highest BCUT2D eigenvalue weighted by atomic mass is 32.2. The molecule has 1 amide bonds. The normalized spacial score (nSPS) is 16.2. The van der Waals surface area contributed by atoms with Gasteiger partial charge in [0, 0.05) is 17.7 Å². The Labute approximate surface area is 118 Å². The van der Waals surface area contributed by atoms with Crippen LogP contribution >= 0.6 is 11.3 Å². The van der Waals surface area contributed by atoms with E-state index in [0.29, 0.717) is 12.8 Å². The molecule has 1 aliphatic rings. The van der Waals surface area contributed by atoms with E-state index in [1.165, 1.54) is 5.38 Å². The number of alkyl halides is 3. The molecule has 0 radical (unpaired) electrons. The smallest absolute Gasteiger partial charge is 0.327 e. The fourth-order valence-corrected chi connectivity index (χ4v) is 3.53. The van der Waals surface area contributed by atoms with Crippen LogP contribution in [0.2, 0.25) is 0 Å². The van der Waals surface area contributed by atoms with Gasteiger partial charge in [-0.15, -0.1) is 11.3 Å². The Morgan fingerprint density at radius 3 is 2.45 bits per heavy atom. The van der Waals surface area contributed by atoms with Gasteiger partial charge in [-0.05, 0) is 18.9 Å². The second-order valence-corrected chi connectivity index (χ2v) is 7.86. The van der Waals surface area contributed by atoms with E-state index in [9.17, 15) is 26.4 Å². The molecule has 0 bridgehead atoms. The molecule has 2 rings (SSSR count). The zero-order valence-corrected chi connectivity index (χ0v) is 12.1.